The van der Waals surface area contributed by atoms with E-state index in [2.05, 4.69) is 4.98 Å². The largest absolute Gasteiger partial charge is 0.477 e. The molecule has 0 fully saturated rings. The fraction of sp³-hybridized carbons (Fsp3) is 0.0588. The van der Waals surface area contributed by atoms with Crippen molar-refractivity contribution in [2.75, 3.05) is 0 Å². The number of aromatic amines is 1. The number of fused-ring (bicyclic) bond motifs is 5. The molecule has 0 aliphatic heterocycles. The number of furan rings is 1. The minimum atomic E-state index is -1.26. The number of nitrogens with one attached hydrogen (secondary N) is 1. The molecule has 0 aliphatic rings. The van der Waals surface area contributed by atoms with Crippen LogP contribution in [0.25, 0.3) is 32.8 Å². The van der Waals surface area contributed by atoms with E-state index in [1.807, 2.05) is 36.4 Å². The van der Waals surface area contributed by atoms with Crippen molar-refractivity contribution in [3.05, 3.63) is 57.9 Å². The highest BCUT2D eigenvalue weighted by atomic mass is 16.4. The van der Waals surface area contributed by atoms with E-state index >= 15 is 0 Å². The first-order valence-electron chi connectivity index (χ1n) is 6.78. The third kappa shape index (κ3) is 1.53. The molecule has 0 atom stereocenters. The lowest BCUT2D eigenvalue weighted by Gasteiger charge is -2.01. The van der Waals surface area contributed by atoms with E-state index in [1.165, 1.54) is 0 Å². The lowest BCUT2D eigenvalue weighted by Crippen LogP contribution is -2.19. The van der Waals surface area contributed by atoms with E-state index in [0.717, 1.165) is 16.2 Å². The lowest BCUT2D eigenvalue weighted by molar-refractivity contribution is 0.0694. The molecule has 5 nitrogen and oxygen atoms in total. The minimum absolute atomic E-state index is 0.282. The Morgan fingerprint density at radius 3 is 2.73 bits per heavy atom. The second-order valence-electron chi connectivity index (χ2n) is 5.23. The molecule has 2 aromatic carbocycles. The second kappa shape index (κ2) is 4.21. The number of carboxylic acid groups (broad SMARTS) is 1. The van der Waals surface area contributed by atoms with Crippen molar-refractivity contribution in [1.29, 1.82) is 0 Å². The Kier molecular flexibility index (Phi) is 2.42. The van der Waals surface area contributed by atoms with Crippen LogP contribution in [0.15, 0.2) is 45.6 Å². The quantitative estimate of drug-likeness (QED) is 0.563. The number of aryl methyl sites for hydroxylation is 1. The molecule has 0 amide bonds. The van der Waals surface area contributed by atoms with Gasteiger partial charge in [0.2, 0.25) is 0 Å². The van der Waals surface area contributed by atoms with Crippen LogP contribution in [0.2, 0.25) is 0 Å². The number of benzene rings is 2. The smallest absolute Gasteiger partial charge is 0.341 e. The van der Waals surface area contributed by atoms with Gasteiger partial charge in [0.15, 0.2) is 5.58 Å². The highest BCUT2D eigenvalue weighted by molar-refractivity contribution is 6.18. The summed E-state index contributed by atoms with van der Waals surface area (Å²) in [5.74, 6) is -1.26. The average molecular weight is 293 g/mol. The van der Waals surface area contributed by atoms with E-state index < -0.39 is 11.5 Å². The fourth-order valence-electron chi connectivity index (χ4n) is 2.97. The van der Waals surface area contributed by atoms with E-state index in [4.69, 9.17) is 4.42 Å². The van der Waals surface area contributed by atoms with Crippen LogP contribution in [0.4, 0.5) is 0 Å². The van der Waals surface area contributed by atoms with Crippen LogP contribution in [0.5, 0.6) is 0 Å². The molecule has 2 heterocycles. The molecular weight excluding hydrogens is 282 g/mol. The van der Waals surface area contributed by atoms with Crippen molar-refractivity contribution in [3.8, 4) is 0 Å². The van der Waals surface area contributed by atoms with Gasteiger partial charge in [0.25, 0.3) is 5.56 Å². The Labute approximate surface area is 123 Å². The highest BCUT2D eigenvalue weighted by Gasteiger charge is 2.20. The summed E-state index contributed by atoms with van der Waals surface area (Å²) in [6, 6.07) is 11.5. The number of carbonyl (C=O) groups is 1. The minimum Gasteiger partial charge on any atom is -0.477 e. The Balaban J connectivity index is 2.30. The summed E-state index contributed by atoms with van der Waals surface area (Å²) in [7, 11) is 0. The molecule has 0 bridgehead atoms. The molecule has 0 radical (unpaired) electrons. The molecule has 0 saturated carbocycles. The number of aromatic nitrogens is 1. The Bertz CT molecular complexity index is 1130. The van der Waals surface area contributed by atoms with E-state index in [9.17, 15) is 14.7 Å². The Morgan fingerprint density at radius 2 is 1.95 bits per heavy atom. The van der Waals surface area contributed by atoms with Gasteiger partial charge in [-0.3, -0.25) is 4.79 Å². The van der Waals surface area contributed by atoms with Crippen LogP contribution in [0.3, 0.4) is 0 Å². The van der Waals surface area contributed by atoms with Gasteiger partial charge < -0.3 is 14.5 Å². The molecule has 0 aliphatic carbocycles. The Morgan fingerprint density at radius 1 is 1.18 bits per heavy atom. The molecule has 22 heavy (non-hydrogen) atoms. The van der Waals surface area contributed by atoms with Crippen molar-refractivity contribution in [1.82, 2.24) is 4.98 Å². The molecular formula is C17H11NO4. The molecule has 5 heteroatoms. The summed E-state index contributed by atoms with van der Waals surface area (Å²) >= 11 is 0. The summed E-state index contributed by atoms with van der Waals surface area (Å²) < 4.78 is 5.80. The molecule has 4 rings (SSSR count). The third-order valence-corrected chi connectivity index (χ3v) is 3.97. The van der Waals surface area contributed by atoms with Crippen LogP contribution >= 0.6 is 0 Å². The summed E-state index contributed by atoms with van der Waals surface area (Å²) in [5.41, 5.74) is 1.01. The number of hydrogen-bond acceptors (Lipinski definition) is 3. The van der Waals surface area contributed by atoms with E-state index in [1.54, 1.807) is 6.92 Å². The van der Waals surface area contributed by atoms with Gasteiger partial charge in [-0.25, -0.2) is 4.79 Å². The lowest BCUT2D eigenvalue weighted by atomic mass is 10.0. The van der Waals surface area contributed by atoms with Crippen LogP contribution in [-0.2, 0) is 0 Å². The van der Waals surface area contributed by atoms with Gasteiger partial charge >= 0.3 is 5.97 Å². The van der Waals surface area contributed by atoms with Crippen LogP contribution in [-0.4, -0.2) is 16.1 Å². The molecule has 0 saturated heterocycles. The number of rotatable bonds is 1. The predicted octanol–water partition coefficient (Wildman–Crippen LogP) is 3.43. The first-order chi connectivity index (χ1) is 10.6. The summed E-state index contributed by atoms with van der Waals surface area (Å²) in [6.45, 7) is 1.59. The van der Waals surface area contributed by atoms with Gasteiger partial charge in [0.1, 0.15) is 11.1 Å². The normalized spacial score (nSPS) is 11.5. The first-order valence-corrected chi connectivity index (χ1v) is 6.78. The van der Waals surface area contributed by atoms with E-state index in [0.29, 0.717) is 22.2 Å². The zero-order valence-electron chi connectivity index (χ0n) is 11.6. The van der Waals surface area contributed by atoms with Crippen molar-refractivity contribution in [2.24, 2.45) is 0 Å². The SMILES string of the molecule is Cc1c(C(=O)O)c(=O)[nH]c2c1oc1ccc3ccccc3c12. The van der Waals surface area contributed by atoms with Crippen molar-refractivity contribution in [3.63, 3.8) is 0 Å². The summed E-state index contributed by atoms with van der Waals surface area (Å²) in [5, 5.41) is 12.0. The maximum atomic E-state index is 12.1. The number of pyridine rings is 1. The van der Waals surface area contributed by atoms with Gasteiger partial charge in [0, 0.05) is 5.56 Å². The van der Waals surface area contributed by atoms with Crippen LogP contribution in [0.1, 0.15) is 15.9 Å². The topological polar surface area (TPSA) is 83.3 Å². The van der Waals surface area contributed by atoms with Crippen molar-refractivity contribution >= 4 is 38.8 Å². The molecule has 2 N–H and O–H groups in total. The average Bonchev–Trinajstić information content (AvgIpc) is 2.86. The number of hydrogen-bond donors (Lipinski definition) is 2. The first kappa shape index (κ1) is 12.6. The monoisotopic (exact) mass is 293 g/mol. The second-order valence-corrected chi connectivity index (χ2v) is 5.23. The van der Waals surface area contributed by atoms with Gasteiger partial charge in [-0.1, -0.05) is 30.3 Å². The molecule has 0 spiro atoms. The number of aromatic carboxylic acids is 1. The molecule has 108 valence electrons. The summed E-state index contributed by atoms with van der Waals surface area (Å²) in [6.07, 6.45) is 0. The van der Waals surface area contributed by atoms with Crippen LogP contribution < -0.4 is 5.56 Å². The summed E-state index contributed by atoms with van der Waals surface area (Å²) in [4.78, 5) is 26.0. The standard InChI is InChI=1S/C17H11NO4/c1-8-12(17(20)21)16(19)18-14-13-10-5-3-2-4-9(10)6-7-11(13)22-15(8)14/h2-7H,1H3,(H,18,19)(H,20,21). The van der Waals surface area contributed by atoms with Gasteiger partial charge in [0.05, 0.1) is 10.9 Å². The van der Waals surface area contributed by atoms with Gasteiger partial charge in [-0.05, 0) is 23.8 Å². The van der Waals surface area contributed by atoms with Gasteiger partial charge in [-0.15, -0.1) is 0 Å². The molecule has 2 aromatic heterocycles. The maximum Gasteiger partial charge on any atom is 0.341 e. The maximum absolute atomic E-state index is 12.1. The zero-order chi connectivity index (χ0) is 15.4. The third-order valence-electron chi connectivity index (χ3n) is 3.97. The zero-order valence-corrected chi connectivity index (χ0v) is 11.6. The van der Waals surface area contributed by atoms with Crippen molar-refractivity contribution in [2.45, 2.75) is 6.92 Å². The predicted molar refractivity (Wildman–Crippen MR) is 83.5 cm³/mol. The van der Waals surface area contributed by atoms with Crippen LogP contribution in [0, 0.1) is 6.92 Å². The number of carboxylic acids is 1. The van der Waals surface area contributed by atoms with E-state index in [-0.39, 0.29) is 5.56 Å². The van der Waals surface area contributed by atoms with Crippen molar-refractivity contribution < 1.29 is 14.3 Å². The molecule has 4 aromatic rings. The highest BCUT2D eigenvalue weighted by Crippen LogP contribution is 2.34. The van der Waals surface area contributed by atoms with Gasteiger partial charge in [-0.2, -0.15) is 0 Å². The Hall–Kier alpha value is -3.08. The number of H-pyrrole nitrogens is 1. The fourth-order valence-corrected chi connectivity index (χ4v) is 2.97. The molecule has 0 unspecified atom stereocenters.